The molecular formula is C9H10Br2O3S. The first-order valence-corrected chi connectivity index (χ1v) is 7.55. The molecule has 1 aromatic carbocycles. The Balaban J connectivity index is 3.11. The van der Waals surface area contributed by atoms with Crippen molar-refractivity contribution >= 4 is 41.7 Å². The van der Waals surface area contributed by atoms with Crippen LogP contribution in [0.3, 0.4) is 0 Å². The van der Waals surface area contributed by atoms with Crippen LogP contribution in [0.15, 0.2) is 30.3 Å². The van der Waals surface area contributed by atoms with Gasteiger partial charge in [-0.15, -0.1) is 0 Å². The fraction of sp³-hybridized carbons (Fsp3) is 0.333. The minimum Gasteiger partial charge on any atom is -0.385 e. The normalized spacial score (nSPS) is 14.9. The van der Waals surface area contributed by atoms with Crippen LogP contribution in [-0.4, -0.2) is 22.3 Å². The van der Waals surface area contributed by atoms with Crippen molar-refractivity contribution in [2.45, 2.75) is 8.67 Å². The van der Waals surface area contributed by atoms with E-state index in [1.165, 1.54) is 0 Å². The topological polar surface area (TPSA) is 54.4 Å². The quantitative estimate of drug-likeness (QED) is 0.844. The standard InChI is InChI=1S/C9H10Br2O3S/c1-15(13,14)9(10,11)8(12)7-5-3-2-4-6-7/h2-6,8,12H,1H3/t8-/m1/s1. The zero-order valence-electron chi connectivity index (χ0n) is 7.89. The molecular weight excluding hydrogens is 348 g/mol. The zero-order valence-corrected chi connectivity index (χ0v) is 11.9. The Labute approximate surface area is 106 Å². The van der Waals surface area contributed by atoms with Gasteiger partial charge in [0.2, 0.25) is 2.57 Å². The highest BCUT2D eigenvalue weighted by atomic mass is 79.9. The van der Waals surface area contributed by atoms with Gasteiger partial charge in [-0.1, -0.05) is 62.2 Å². The molecule has 0 bridgehead atoms. The highest BCUT2D eigenvalue weighted by Crippen LogP contribution is 2.43. The molecule has 1 N–H and O–H groups in total. The molecule has 84 valence electrons. The van der Waals surface area contributed by atoms with Crippen molar-refractivity contribution in [3.05, 3.63) is 35.9 Å². The number of halogens is 2. The van der Waals surface area contributed by atoms with E-state index in [1.54, 1.807) is 30.3 Å². The third-order valence-corrected chi connectivity index (χ3v) is 7.54. The average molecular weight is 358 g/mol. The van der Waals surface area contributed by atoms with Crippen LogP contribution in [-0.2, 0) is 9.84 Å². The van der Waals surface area contributed by atoms with Crippen molar-refractivity contribution in [1.29, 1.82) is 0 Å². The van der Waals surface area contributed by atoms with Crippen LogP contribution in [0.1, 0.15) is 11.7 Å². The molecule has 0 spiro atoms. The van der Waals surface area contributed by atoms with Crippen molar-refractivity contribution in [3.8, 4) is 0 Å². The Hall–Kier alpha value is 0.0900. The van der Waals surface area contributed by atoms with Gasteiger partial charge in [0.25, 0.3) is 0 Å². The molecule has 1 atom stereocenters. The number of hydrogen-bond donors (Lipinski definition) is 1. The SMILES string of the molecule is CS(=O)(=O)C(Br)(Br)[C@H](O)c1ccccc1. The van der Waals surface area contributed by atoms with Gasteiger partial charge in [0.15, 0.2) is 9.84 Å². The van der Waals surface area contributed by atoms with Crippen molar-refractivity contribution in [1.82, 2.24) is 0 Å². The van der Waals surface area contributed by atoms with E-state index in [2.05, 4.69) is 31.9 Å². The number of aliphatic hydroxyl groups is 1. The molecule has 0 saturated heterocycles. The van der Waals surface area contributed by atoms with Gasteiger partial charge in [-0.25, -0.2) is 8.42 Å². The van der Waals surface area contributed by atoms with Crippen LogP contribution in [0.4, 0.5) is 0 Å². The third kappa shape index (κ3) is 2.81. The predicted molar refractivity (Wildman–Crippen MR) is 66.8 cm³/mol. The van der Waals surface area contributed by atoms with Crippen molar-refractivity contribution < 1.29 is 13.5 Å². The van der Waals surface area contributed by atoms with Crippen molar-refractivity contribution in [3.63, 3.8) is 0 Å². The molecule has 0 aliphatic heterocycles. The fourth-order valence-corrected chi connectivity index (χ4v) is 2.10. The van der Waals surface area contributed by atoms with Crippen LogP contribution in [0.5, 0.6) is 0 Å². The van der Waals surface area contributed by atoms with E-state index in [1.807, 2.05) is 0 Å². The first kappa shape index (κ1) is 13.2. The molecule has 15 heavy (non-hydrogen) atoms. The summed E-state index contributed by atoms with van der Waals surface area (Å²) in [6.07, 6.45) is -0.128. The van der Waals surface area contributed by atoms with Crippen LogP contribution < -0.4 is 0 Å². The minimum absolute atomic E-state index is 0.525. The Bertz CT molecular complexity index is 428. The van der Waals surface area contributed by atoms with Crippen LogP contribution in [0.2, 0.25) is 0 Å². The molecule has 3 nitrogen and oxygen atoms in total. The lowest BCUT2D eigenvalue weighted by atomic mass is 10.1. The van der Waals surface area contributed by atoms with Crippen LogP contribution >= 0.6 is 31.9 Å². The number of hydrogen-bond acceptors (Lipinski definition) is 3. The number of alkyl halides is 2. The number of aliphatic hydroxyl groups excluding tert-OH is 1. The molecule has 1 aromatic rings. The second-order valence-corrected chi connectivity index (χ2v) is 9.95. The Morgan fingerprint density at radius 1 is 1.27 bits per heavy atom. The van der Waals surface area contributed by atoms with Gasteiger partial charge in [-0.3, -0.25) is 0 Å². The van der Waals surface area contributed by atoms with Crippen LogP contribution in [0, 0.1) is 0 Å². The molecule has 0 aliphatic rings. The number of rotatable bonds is 3. The summed E-state index contributed by atoms with van der Waals surface area (Å²) in [6, 6.07) is 8.58. The summed E-state index contributed by atoms with van der Waals surface area (Å²) in [5.74, 6) is 0. The van der Waals surface area contributed by atoms with E-state index >= 15 is 0 Å². The highest BCUT2D eigenvalue weighted by Gasteiger charge is 2.43. The van der Waals surface area contributed by atoms with Gasteiger partial charge in [0.05, 0.1) is 0 Å². The van der Waals surface area contributed by atoms with Gasteiger partial charge < -0.3 is 5.11 Å². The average Bonchev–Trinajstić information content (AvgIpc) is 2.16. The lowest BCUT2D eigenvalue weighted by Gasteiger charge is -2.24. The zero-order chi connectivity index (χ0) is 11.7. The summed E-state index contributed by atoms with van der Waals surface area (Å²) in [5.41, 5.74) is 0.525. The summed E-state index contributed by atoms with van der Waals surface area (Å²) in [5, 5.41) is 9.91. The maximum absolute atomic E-state index is 11.4. The van der Waals surface area contributed by atoms with Gasteiger partial charge in [-0.05, 0) is 5.56 Å². The van der Waals surface area contributed by atoms with E-state index in [-0.39, 0.29) is 0 Å². The van der Waals surface area contributed by atoms with E-state index in [0.29, 0.717) is 5.56 Å². The number of benzene rings is 1. The van der Waals surface area contributed by atoms with Gasteiger partial charge in [0.1, 0.15) is 6.10 Å². The van der Waals surface area contributed by atoms with Crippen molar-refractivity contribution in [2.75, 3.05) is 6.26 Å². The molecule has 0 saturated carbocycles. The molecule has 0 fully saturated rings. The third-order valence-electron chi connectivity index (χ3n) is 1.93. The smallest absolute Gasteiger partial charge is 0.210 e. The summed E-state index contributed by atoms with van der Waals surface area (Å²) < 4.78 is 21.3. The fourth-order valence-electron chi connectivity index (χ4n) is 1.03. The predicted octanol–water partition coefficient (Wildman–Crippen LogP) is 2.21. The van der Waals surface area contributed by atoms with Crippen molar-refractivity contribution in [2.24, 2.45) is 0 Å². The molecule has 0 heterocycles. The molecule has 1 rings (SSSR count). The Morgan fingerprint density at radius 2 is 1.73 bits per heavy atom. The van der Waals surface area contributed by atoms with Crippen LogP contribution in [0.25, 0.3) is 0 Å². The summed E-state index contributed by atoms with van der Waals surface area (Å²) in [7, 11) is -3.47. The minimum atomic E-state index is -3.47. The molecule has 0 unspecified atom stereocenters. The highest BCUT2D eigenvalue weighted by molar-refractivity contribution is 9.27. The van der Waals surface area contributed by atoms with Gasteiger partial charge >= 0.3 is 0 Å². The molecule has 0 aliphatic carbocycles. The Morgan fingerprint density at radius 3 is 2.13 bits per heavy atom. The first-order valence-electron chi connectivity index (χ1n) is 4.07. The monoisotopic (exact) mass is 356 g/mol. The lowest BCUT2D eigenvalue weighted by Crippen LogP contribution is -2.31. The second-order valence-electron chi connectivity index (χ2n) is 3.15. The maximum atomic E-state index is 11.4. The molecule has 0 aromatic heterocycles. The largest absolute Gasteiger partial charge is 0.385 e. The van der Waals surface area contributed by atoms with Gasteiger partial charge in [0, 0.05) is 6.26 Å². The molecule has 0 radical (unpaired) electrons. The molecule has 0 amide bonds. The summed E-state index contributed by atoms with van der Waals surface area (Å²) >= 11 is 5.97. The van der Waals surface area contributed by atoms with E-state index in [9.17, 15) is 13.5 Å². The second kappa shape index (κ2) is 4.53. The van der Waals surface area contributed by atoms with E-state index in [0.717, 1.165) is 6.26 Å². The van der Waals surface area contributed by atoms with Gasteiger partial charge in [-0.2, -0.15) is 0 Å². The maximum Gasteiger partial charge on any atom is 0.210 e. The lowest BCUT2D eigenvalue weighted by molar-refractivity contribution is 0.189. The summed E-state index contributed by atoms with van der Waals surface area (Å²) in [4.78, 5) is 0. The summed E-state index contributed by atoms with van der Waals surface area (Å²) in [6.45, 7) is 0. The number of sulfone groups is 1. The Kier molecular flexibility index (Phi) is 3.97. The van der Waals surface area contributed by atoms with E-state index < -0.39 is 18.5 Å². The molecule has 6 heteroatoms. The first-order chi connectivity index (χ1) is 6.77. The van der Waals surface area contributed by atoms with E-state index in [4.69, 9.17) is 0 Å².